The molecule has 1 heterocycles. The van der Waals surface area contributed by atoms with Crippen LogP contribution >= 0.6 is 0 Å². The normalized spacial score (nSPS) is 39.7. The molecule has 0 unspecified atom stereocenters. The number of carbonyl (C=O) groups is 2. The van der Waals surface area contributed by atoms with Gasteiger partial charge in [0.15, 0.2) is 0 Å². The molecular formula is C21H24O3Se. The Morgan fingerprint density at radius 1 is 1.24 bits per heavy atom. The molecule has 1 saturated carbocycles. The van der Waals surface area contributed by atoms with Crippen LogP contribution in [0.25, 0.3) is 0 Å². The Bertz CT molecular complexity index is 728. The molecule has 5 atom stereocenters. The molecule has 0 amide bonds. The van der Waals surface area contributed by atoms with Gasteiger partial charge in [0.2, 0.25) is 0 Å². The number of Topliss-reactive ketones (excluding diaryl/α,β-unsaturated/α-hetero) is 1. The molecular weight excluding hydrogens is 379 g/mol. The van der Waals surface area contributed by atoms with E-state index in [0.717, 1.165) is 11.7 Å². The number of rotatable bonds is 3. The topological polar surface area (TPSA) is 43.4 Å². The van der Waals surface area contributed by atoms with Crippen molar-refractivity contribution in [3.05, 3.63) is 42.5 Å². The summed E-state index contributed by atoms with van der Waals surface area (Å²) in [5, 5.41) is 0.888. The first-order chi connectivity index (χ1) is 12.0. The van der Waals surface area contributed by atoms with Gasteiger partial charge in [-0.1, -0.05) is 0 Å². The monoisotopic (exact) mass is 404 g/mol. The van der Waals surface area contributed by atoms with Crippen molar-refractivity contribution >= 4 is 31.2 Å². The predicted octanol–water partition coefficient (Wildman–Crippen LogP) is 2.79. The van der Waals surface area contributed by atoms with Gasteiger partial charge >= 0.3 is 155 Å². The zero-order valence-corrected chi connectivity index (χ0v) is 16.4. The second-order valence-electron chi connectivity index (χ2n) is 7.86. The van der Waals surface area contributed by atoms with Crippen molar-refractivity contribution in [3.63, 3.8) is 0 Å². The molecule has 3 nitrogen and oxygen atoms in total. The van der Waals surface area contributed by atoms with Crippen LogP contribution in [0.1, 0.15) is 26.7 Å². The Kier molecular flexibility index (Phi) is 4.16. The molecule has 1 aromatic rings. The van der Waals surface area contributed by atoms with Crippen LogP contribution in [0.4, 0.5) is 0 Å². The molecule has 0 radical (unpaired) electrons. The summed E-state index contributed by atoms with van der Waals surface area (Å²) in [6, 6.07) is 10.4. The van der Waals surface area contributed by atoms with Gasteiger partial charge in [-0.2, -0.15) is 0 Å². The molecule has 2 aliphatic carbocycles. The molecule has 1 aromatic carbocycles. The number of carbonyl (C=O) groups excluding carboxylic acids is 2. The van der Waals surface area contributed by atoms with Gasteiger partial charge in [-0.15, -0.1) is 0 Å². The fourth-order valence-corrected chi connectivity index (χ4v) is 7.32. The second kappa shape index (κ2) is 6.10. The molecule has 4 heteroatoms. The fraction of sp³-hybridized carbons (Fsp3) is 0.524. The van der Waals surface area contributed by atoms with E-state index in [2.05, 4.69) is 38.1 Å². The van der Waals surface area contributed by atoms with Crippen molar-refractivity contribution in [1.82, 2.24) is 0 Å². The van der Waals surface area contributed by atoms with Gasteiger partial charge in [-0.25, -0.2) is 0 Å². The summed E-state index contributed by atoms with van der Waals surface area (Å²) in [6.07, 6.45) is 5.91. The molecule has 0 aromatic heterocycles. The first kappa shape index (κ1) is 17.1. The zero-order chi connectivity index (χ0) is 17.7. The van der Waals surface area contributed by atoms with Crippen molar-refractivity contribution in [1.29, 1.82) is 0 Å². The number of fused-ring (bicyclic) bond motifs is 1. The van der Waals surface area contributed by atoms with Gasteiger partial charge < -0.3 is 0 Å². The molecule has 3 aliphatic rings. The standard InChI is InChI=1S/C21H24O3Se/c1-14-7-6-8-15-11-21(18(22)20(14,15)2)16(12-24-19(21)23)13-25-17-9-4-3-5-10-17/h3-7,9-10,14-16H,8,11-13H2,1-2H3/t14-,15-,16+,20-,21-/m1/s1. The van der Waals surface area contributed by atoms with Crippen LogP contribution in [0, 0.1) is 28.6 Å². The quantitative estimate of drug-likeness (QED) is 0.337. The average molecular weight is 403 g/mol. The number of cyclic esters (lactones) is 1. The van der Waals surface area contributed by atoms with E-state index in [1.165, 1.54) is 4.46 Å². The van der Waals surface area contributed by atoms with Crippen molar-refractivity contribution in [2.45, 2.75) is 32.0 Å². The van der Waals surface area contributed by atoms with E-state index >= 15 is 0 Å². The van der Waals surface area contributed by atoms with E-state index in [0.29, 0.717) is 13.0 Å². The van der Waals surface area contributed by atoms with Gasteiger partial charge in [0.1, 0.15) is 0 Å². The van der Waals surface area contributed by atoms with Crippen molar-refractivity contribution in [2.75, 3.05) is 6.61 Å². The van der Waals surface area contributed by atoms with E-state index < -0.39 is 10.8 Å². The Morgan fingerprint density at radius 3 is 2.72 bits per heavy atom. The first-order valence-electron chi connectivity index (χ1n) is 9.06. The van der Waals surface area contributed by atoms with Crippen molar-refractivity contribution in [2.24, 2.45) is 28.6 Å². The van der Waals surface area contributed by atoms with Crippen LogP contribution in [0.2, 0.25) is 5.32 Å². The number of ketones is 1. The third-order valence-electron chi connectivity index (χ3n) is 6.77. The molecule has 1 saturated heterocycles. The summed E-state index contributed by atoms with van der Waals surface area (Å²) >= 11 is 0.256. The molecule has 1 spiro atoms. The molecule has 1 aliphatic heterocycles. The number of esters is 1. The van der Waals surface area contributed by atoms with Crippen LogP contribution in [0.3, 0.4) is 0 Å². The summed E-state index contributed by atoms with van der Waals surface area (Å²) in [5.41, 5.74) is -1.31. The van der Waals surface area contributed by atoms with E-state index in [-0.39, 0.29) is 44.5 Å². The minimum atomic E-state index is -0.893. The number of ether oxygens (including phenoxy) is 1. The van der Waals surface area contributed by atoms with Crippen LogP contribution in [-0.2, 0) is 14.3 Å². The molecule has 25 heavy (non-hydrogen) atoms. The Labute approximate surface area is 155 Å². The number of hydrogen-bond acceptors (Lipinski definition) is 3. The third-order valence-corrected chi connectivity index (χ3v) is 9.24. The summed E-state index contributed by atoms with van der Waals surface area (Å²) in [7, 11) is 0. The maximum atomic E-state index is 13.6. The van der Waals surface area contributed by atoms with Crippen LogP contribution in [-0.4, -0.2) is 33.3 Å². The number of allylic oxidation sites excluding steroid dienone is 2. The zero-order valence-electron chi connectivity index (χ0n) is 14.7. The Balaban J connectivity index is 1.62. The summed E-state index contributed by atoms with van der Waals surface area (Å²) in [6.45, 7) is 4.60. The number of benzene rings is 1. The SMILES string of the molecule is C[C@@H]1C=CC[C@@H]2C[C@]3(C(=O)OC[C@H]3C[Se]c3ccccc3)C(=O)[C@@]21C. The summed E-state index contributed by atoms with van der Waals surface area (Å²) in [4.78, 5) is 26.4. The van der Waals surface area contributed by atoms with E-state index in [1.54, 1.807) is 0 Å². The molecule has 4 rings (SSSR count). The minimum absolute atomic E-state index is 0.0299. The molecule has 2 fully saturated rings. The van der Waals surface area contributed by atoms with Crippen molar-refractivity contribution < 1.29 is 14.3 Å². The van der Waals surface area contributed by atoms with E-state index in [1.807, 2.05) is 18.2 Å². The Morgan fingerprint density at radius 2 is 2.00 bits per heavy atom. The maximum absolute atomic E-state index is 13.6. The van der Waals surface area contributed by atoms with Gasteiger partial charge in [0.25, 0.3) is 0 Å². The van der Waals surface area contributed by atoms with Gasteiger partial charge in [0.05, 0.1) is 0 Å². The van der Waals surface area contributed by atoms with E-state index in [4.69, 9.17) is 4.74 Å². The van der Waals surface area contributed by atoms with Gasteiger partial charge in [0, 0.05) is 0 Å². The summed E-state index contributed by atoms with van der Waals surface area (Å²) in [5.74, 6) is 0.374. The van der Waals surface area contributed by atoms with Crippen LogP contribution < -0.4 is 4.46 Å². The predicted molar refractivity (Wildman–Crippen MR) is 97.7 cm³/mol. The number of hydrogen-bond donors (Lipinski definition) is 0. The fourth-order valence-electron chi connectivity index (χ4n) is 4.96. The van der Waals surface area contributed by atoms with Gasteiger partial charge in [-0.05, 0) is 0 Å². The average Bonchev–Trinajstić information content (AvgIpc) is 3.06. The third kappa shape index (κ3) is 2.38. The molecule has 132 valence electrons. The summed E-state index contributed by atoms with van der Waals surface area (Å²) < 4.78 is 6.79. The van der Waals surface area contributed by atoms with E-state index in [9.17, 15) is 9.59 Å². The molecule has 0 N–H and O–H groups in total. The Hall–Kier alpha value is -1.38. The van der Waals surface area contributed by atoms with Gasteiger partial charge in [-0.3, -0.25) is 0 Å². The first-order valence-corrected chi connectivity index (χ1v) is 11.1. The van der Waals surface area contributed by atoms with Crippen molar-refractivity contribution in [3.8, 4) is 0 Å². The van der Waals surface area contributed by atoms with Crippen LogP contribution in [0.5, 0.6) is 0 Å². The second-order valence-corrected chi connectivity index (χ2v) is 10.2. The van der Waals surface area contributed by atoms with Crippen LogP contribution in [0.15, 0.2) is 42.5 Å². The molecule has 0 bridgehead atoms.